The van der Waals surface area contributed by atoms with E-state index < -0.39 is 0 Å². The Morgan fingerprint density at radius 2 is 0.819 bits per heavy atom. The monoisotopic (exact) mass is 1380 g/mol. The van der Waals surface area contributed by atoms with E-state index in [1.165, 1.54) is 183 Å². The number of aryl methyl sites for hydroxylation is 8. The second-order valence-electron chi connectivity index (χ2n) is 33.9. The van der Waals surface area contributed by atoms with Crippen LogP contribution in [0.1, 0.15) is 145 Å². The Labute approximate surface area is 618 Å². The van der Waals surface area contributed by atoms with Gasteiger partial charge in [0.15, 0.2) is 33.8 Å². The van der Waals surface area contributed by atoms with Gasteiger partial charge in [-0.25, -0.2) is 18.3 Å². The molecule has 8 heteroatoms. The third-order valence-electron chi connectivity index (χ3n) is 27.1. The van der Waals surface area contributed by atoms with E-state index in [-0.39, 0.29) is 32.5 Å². The summed E-state index contributed by atoms with van der Waals surface area (Å²) in [5.74, 6) is 1.20. The zero-order valence-corrected chi connectivity index (χ0v) is 65.4. The summed E-state index contributed by atoms with van der Waals surface area (Å²) in [6.45, 7) is 40.0. The predicted octanol–water partition coefficient (Wildman–Crippen LogP) is 21.2. The number of para-hydroxylation sites is 6. The maximum Gasteiger partial charge on any atom is 0.295 e. The molecule has 0 unspecified atom stereocenters. The lowest BCUT2D eigenvalue weighted by molar-refractivity contribution is -0.643. The highest BCUT2D eigenvalue weighted by Gasteiger charge is 2.55. The molecule has 10 heterocycles. The number of fused-ring (bicyclic) bond motifs is 10. The number of rotatable bonds is 3. The van der Waals surface area contributed by atoms with Crippen LogP contribution < -0.4 is 18.1 Å². The van der Waals surface area contributed by atoms with E-state index in [9.17, 15) is 0 Å². The summed E-state index contributed by atoms with van der Waals surface area (Å²) in [6, 6.07) is 79.4. The fourth-order valence-electron chi connectivity index (χ4n) is 19.4. The molecule has 0 bridgehead atoms. The van der Waals surface area contributed by atoms with Crippen LogP contribution in [0.2, 0.25) is 0 Å². The molecule has 10 aromatic carbocycles. The van der Waals surface area contributed by atoms with Gasteiger partial charge in [0.05, 0.1) is 49.9 Å². The first-order valence-corrected chi connectivity index (χ1v) is 37.8. The van der Waals surface area contributed by atoms with Crippen LogP contribution in [-0.2, 0) is 60.7 Å². The Hall–Kier alpha value is -10.7. The molecule has 0 atom stereocenters. The van der Waals surface area contributed by atoms with Crippen molar-refractivity contribution in [3.05, 3.63) is 286 Å². The van der Waals surface area contributed by atoms with Crippen molar-refractivity contribution in [3.63, 3.8) is 0 Å². The summed E-state index contributed by atoms with van der Waals surface area (Å²) in [5, 5.41) is 12.3. The summed E-state index contributed by atoms with van der Waals surface area (Å²) in [6.07, 6.45) is 2.35. The van der Waals surface area contributed by atoms with Crippen LogP contribution in [0.5, 0.6) is 0 Å². The highest BCUT2D eigenvalue weighted by atomic mass is 15.2. The zero-order chi connectivity index (χ0) is 73.8. The van der Waals surface area contributed by atoms with Gasteiger partial charge in [-0.15, -0.1) is 0 Å². The first kappa shape index (κ1) is 67.5. The molecule has 0 aliphatic carbocycles. The number of pyridine rings is 3. The molecule has 20 rings (SSSR count). The fraction of sp³-hybridized carbons (Fsp3) is 0.278. The van der Waals surface area contributed by atoms with Gasteiger partial charge in [0.2, 0.25) is 0 Å². The molecule has 17 aromatic rings. The smallest absolute Gasteiger partial charge is 0.232 e. The van der Waals surface area contributed by atoms with Crippen molar-refractivity contribution >= 4 is 93.0 Å². The van der Waals surface area contributed by atoms with Gasteiger partial charge in [-0.1, -0.05) is 271 Å². The maximum atomic E-state index is 2.59. The summed E-state index contributed by atoms with van der Waals surface area (Å²) in [4.78, 5) is 0. The molecule has 3 aliphatic heterocycles. The van der Waals surface area contributed by atoms with E-state index in [2.05, 4.69) is 407 Å². The number of imidazole rings is 4. The van der Waals surface area contributed by atoms with E-state index in [0.717, 1.165) is 0 Å². The van der Waals surface area contributed by atoms with Crippen molar-refractivity contribution in [2.45, 2.75) is 150 Å². The van der Waals surface area contributed by atoms with E-state index >= 15 is 0 Å². The van der Waals surface area contributed by atoms with Gasteiger partial charge in [0, 0.05) is 94.0 Å². The lowest BCUT2D eigenvalue weighted by atomic mass is 9.60. The number of aromatic nitrogens is 8. The van der Waals surface area contributed by atoms with Gasteiger partial charge in [0.1, 0.15) is 34.1 Å². The van der Waals surface area contributed by atoms with Crippen molar-refractivity contribution in [2.24, 2.45) is 28.2 Å². The molecule has 3 aliphatic rings. The maximum absolute atomic E-state index is 2.59. The third kappa shape index (κ3) is 8.98. The van der Waals surface area contributed by atoms with Gasteiger partial charge in [-0.05, 0) is 80.3 Å². The Kier molecular flexibility index (Phi) is 14.9. The normalized spacial score (nSPS) is 15.9. The lowest BCUT2D eigenvalue weighted by Crippen LogP contribution is -2.51. The summed E-state index contributed by atoms with van der Waals surface area (Å²) < 4.78 is 19.5. The highest BCUT2D eigenvalue weighted by Crippen LogP contribution is 2.55. The van der Waals surface area contributed by atoms with Crippen molar-refractivity contribution in [2.75, 3.05) is 0 Å². The van der Waals surface area contributed by atoms with E-state index in [1.54, 1.807) is 0 Å². The first-order chi connectivity index (χ1) is 50.0. The zero-order valence-electron chi connectivity index (χ0n) is 65.4. The molecule has 0 spiro atoms. The minimum atomic E-state index is -0.0556. The average molecular weight is 1380 g/mol. The number of hydrogen-bond donors (Lipinski definition) is 0. The predicted molar refractivity (Wildman–Crippen MR) is 438 cm³/mol. The number of benzene rings is 10. The van der Waals surface area contributed by atoms with Crippen LogP contribution in [0.25, 0.3) is 121 Å². The van der Waals surface area contributed by atoms with Crippen molar-refractivity contribution in [3.8, 4) is 28.3 Å². The molecule has 0 N–H and O–H groups in total. The van der Waals surface area contributed by atoms with Crippen LogP contribution in [-0.4, -0.2) is 17.9 Å². The van der Waals surface area contributed by atoms with Gasteiger partial charge in [-0.3, -0.25) is 0 Å². The highest BCUT2D eigenvalue weighted by molar-refractivity contribution is 6.16. The Balaban J connectivity index is 0.000000104. The van der Waals surface area contributed by atoms with Crippen LogP contribution in [0.4, 0.5) is 0 Å². The Bertz CT molecular complexity index is 6550. The quantitative estimate of drug-likeness (QED) is 0.125. The molecular formula is C97H100N8+4. The van der Waals surface area contributed by atoms with Gasteiger partial charge in [-0.2, -0.15) is 17.8 Å². The topological polar surface area (TPSA) is 34.4 Å². The van der Waals surface area contributed by atoms with Gasteiger partial charge >= 0.3 is 0 Å². The van der Waals surface area contributed by atoms with Crippen molar-refractivity contribution in [1.29, 1.82) is 0 Å². The SMILES string of the molecule is Cc1cccc2c3cccc4c3[n+]3c(c(C)n(C)c3c12)C(C)(C)C4(C)C.Cc1cccc2c3cccc4c3n3c(c(-c5ccccc5)[n+](C)c3c12)C(C)(C)C4(C)C.Cc1cccc2c3cccc4c3n3c(c[n+](C)c3c12)C(C)(C)C4(C)C.Cc1ccccc1-c1n(-c2ccccc2)c2ccccc2[n+]1C. The molecule has 0 fully saturated rings. The standard InChI is InChI=1S/C29H29N2.C24H27N2.C23H25N2.C21H19N2/c1-18-12-10-15-20-21-16-11-17-22-25(21)31-26(29(4,5)28(22,2)3)24(19-13-8-7-9-14-19)30(6)27(31)23(18)20;1-14-10-8-11-16-17-12-9-13-18-20(17)26-21(24(5,6)23(18,3)4)15(2)25(7)22(26)19(14)16;1-14-9-7-10-15-16-11-8-12-17-20(16)25-18(23(4,5)22(17,2)3)13-24(6)21(25)19(14)15;1-16-10-6-7-13-18(16)21-22(2)19-14-8-9-15-20(19)23(21)17-11-4-3-5-12-17/h7-17H,1-6H3;8-13H,1-7H3;7-13H,1-6H3;3-15H,1-2H3/q4*+1. The molecule has 0 amide bonds. The van der Waals surface area contributed by atoms with Crippen molar-refractivity contribution < 1.29 is 18.1 Å². The second kappa shape index (κ2) is 23.1. The molecular weight excluding hydrogens is 1280 g/mol. The Morgan fingerprint density at radius 3 is 1.42 bits per heavy atom. The Morgan fingerprint density at radius 1 is 0.362 bits per heavy atom. The lowest BCUT2D eigenvalue weighted by Gasteiger charge is -2.43. The molecule has 0 saturated carbocycles. The molecule has 0 radical (unpaired) electrons. The number of nitrogens with zero attached hydrogens (tertiary/aromatic N) is 8. The van der Waals surface area contributed by atoms with Gasteiger partial charge < -0.3 is 0 Å². The van der Waals surface area contributed by atoms with Gasteiger partial charge in [0.25, 0.3) is 22.8 Å². The summed E-state index contributed by atoms with van der Waals surface area (Å²) >= 11 is 0. The largest absolute Gasteiger partial charge is 0.295 e. The molecule has 8 nitrogen and oxygen atoms in total. The van der Waals surface area contributed by atoms with E-state index in [0.29, 0.717) is 0 Å². The van der Waals surface area contributed by atoms with Crippen molar-refractivity contribution in [1.82, 2.24) is 17.9 Å². The van der Waals surface area contributed by atoms with Crippen LogP contribution in [0.3, 0.4) is 0 Å². The minimum Gasteiger partial charge on any atom is -0.232 e. The molecule has 7 aromatic heterocycles. The van der Waals surface area contributed by atoms with Crippen LogP contribution in [0, 0.1) is 34.6 Å². The summed E-state index contributed by atoms with van der Waals surface area (Å²) in [7, 11) is 8.80. The first-order valence-electron chi connectivity index (χ1n) is 37.8. The minimum absolute atomic E-state index is 0.0121. The molecule has 524 valence electrons. The fourth-order valence-corrected chi connectivity index (χ4v) is 19.4. The number of hydrogen-bond acceptors (Lipinski definition) is 0. The third-order valence-corrected chi connectivity index (χ3v) is 27.1. The van der Waals surface area contributed by atoms with E-state index in [4.69, 9.17) is 0 Å². The van der Waals surface area contributed by atoms with Crippen LogP contribution in [0.15, 0.2) is 225 Å². The summed E-state index contributed by atoms with van der Waals surface area (Å²) in [5.41, 5.74) is 31.0. The second-order valence-corrected chi connectivity index (χ2v) is 33.9. The average Bonchev–Trinajstić information content (AvgIpc) is 1.62. The van der Waals surface area contributed by atoms with Crippen LogP contribution >= 0.6 is 0 Å². The van der Waals surface area contributed by atoms with E-state index in [1.807, 2.05) is 0 Å². The molecule has 105 heavy (non-hydrogen) atoms. The molecule has 0 saturated heterocycles.